The Labute approximate surface area is 404 Å². The molecule has 4 N–H and O–H groups in total. The molecule has 0 aromatic heterocycles. The maximum atomic E-state index is 10.3. The van der Waals surface area contributed by atoms with Crippen molar-refractivity contribution in [2.45, 2.75) is 336 Å². The molecule has 0 aromatic carbocycles. The summed E-state index contributed by atoms with van der Waals surface area (Å²) in [6.07, 6.45) is 62.7. The zero-order valence-corrected chi connectivity index (χ0v) is 46.1. The summed E-state index contributed by atoms with van der Waals surface area (Å²) in [4.78, 5) is 40.9. The summed E-state index contributed by atoms with van der Waals surface area (Å²) in [5.41, 5.74) is 0. The van der Waals surface area contributed by atoms with Crippen molar-refractivity contribution in [1.29, 1.82) is 0 Å². The molecule has 0 atom stereocenters. The van der Waals surface area contributed by atoms with Gasteiger partial charge in [0, 0.05) is 0 Å². The molecule has 0 unspecified atom stereocenters. The summed E-state index contributed by atoms with van der Waals surface area (Å²) in [5.74, 6) is 0. The second-order valence-electron chi connectivity index (χ2n) is 20.2. The third-order valence-corrected chi connectivity index (χ3v) is 16.6. The van der Waals surface area contributed by atoms with E-state index in [1.807, 2.05) is 0 Å². The first kappa shape index (κ1) is 66.7. The van der Waals surface area contributed by atoms with Crippen LogP contribution in [-0.4, -0.2) is 45.1 Å². The molecule has 0 aromatic rings. The van der Waals surface area contributed by atoms with Crippen LogP contribution in [0.3, 0.4) is 0 Å². The number of unbranched alkanes of at least 4 members (excludes halogenated alkanes) is 44. The molecule has 0 rings (SSSR count). The Morgan fingerprint density at radius 2 is 0.406 bits per heavy atom. The Kier molecular flexibility index (Phi) is 56.9. The van der Waals surface area contributed by atoms with E-state index in [-0.39, 0.29) is 12.3 Å². The predicted molar refractivity (Wildman–Crippen MR) is 289 cm³/mol. The van der Waals surface area contributed by atoms with E-state index in [4.69, 9.17) is 9.05 Å². The minimum atomic E-state index is -4.37. The van der Waals surface area contributed by atoms with Crippen molar-refractivity contribution in [3.05, 3.63) is 0 Å². The van der Waals surface area contributed by atoms with Crippen LogP contribution in [0.15, 0.2) is 0 Å². The molecule has 0 saturated heterocycles. The van der Waals surface area contributed by atoms with Gasteiger partial charge in [-0.15, -0.1) is 0 Å². The van der Waals surface area contributed by atoms with Gasteiger partial charge in [-0.25, -0.2) is 0 Å². The van der Waals surface area contributed by atoms with Crippen LogP contribution in [0.25, 0.3) is 0 Å². The molecule has 0 radical (unpaired) electrons. The average Bonchev–Trinajstić information content (AvgIpc) is 3.27. The topological polar surface area (TPSA) is 99.4 Å². The molecule has 0 bridgehead atoms. The Bertz CT molecular complexity index is 778. The summed E-state index contributed by atoms with van der Waals surface area (Å²) >= 11 is 0. The minimum Gasteiger partial charge on any atom is -0.0654 e. The molecule has 0 fully saturated rings. The smallest absolute Gasteiger partial charge is 0.0654 e. The summed E-state index contributed by atoms with van der Waals surface area (Å²) in [6, 6.07) is 0. The Hall–Kier alpha value is 0.620. The summed E-state index contributed by atoms with van der Waals surface area (Å²) in [6.45, 7) is 10.4. The van der Waals surface area contributed by atoms with Crippen molar-refractivity contribution in [2.75, 3.05) is 25.5 Å². The zero-order valence-electron chi connectivity index (χ0n) is 44.3. The monoisotopic (exact) mass is 951 g/mol. The molecule has 8 heteroatoms. The van der Waals surface area contributed by atoms with E-state index in [9.17, 15) is 19.6 Å². The van der Waals surface area contributed by atoms with Crippen molar-refractivity contribution in [1.82, 2.24) is 0 Å². The molecular weight excluding hydrogens is 831 g/mol. The van der Waals surface area contributed by atoms with E-state index in [0.717, 1.165) is 51.4 Å². The van der Waals surface area contributed by atoms with E-state index in [1.165, 1.54) is 257 Å². The van der Waals surface area contributed by atoms with Gasteiger partial charge in [0.1, 0.15) is 0 Å². The fourth-order valence-electron chi connectivity index (χ4n) is 8.87. The molecular formula is C56H120O6P2. The van der Waals surface area contributed by atoms with Crippen molar-refractivity contribution >= 4 is 15.9 Å². The molecule has 64 heavy (non-hydrogen) atoms. The summed E-state index contributed by atoms with van der Waals surface area (Å²) in [5, 5.41) is 0. The zero-order chi connectivity index (χ0) is 47.2. The number of rotatable bonds is 54. The third kappa shape index (κ3) is 60.6. The van der Waals surface area contributed by atoms with E-state index >= 15 is 0 Å². The number of hydrogen-bond acceptors (Lipinski definition) is 6. The van der Waals surface area contributed by atoms with Crippen LogP contribution in [0.5, 0.6) is 0 Å². The molecule has 390 valence electrons. The standard InChI is InChI=1S/C28H61O3P.C28H59O3P/c1-3-5-7-9-11-13-15-17-19-21-23-25-27-32(29,30,31)28-26-24-22-20-18-16-14-12-10-8-6-4-2;1-3-5-7-9-11-13-15-17-19-21-23-25-27-30-32(29)31-28-26-24-22-20-18-16-14-12-10-8-6-4-2/h29-31H,3-28H2,1-2H3;29H,3-28H2,1-2H3. The molecule has 0 saturated carbocycles. The Morgan fingerprint density at radius 3 is 0.594 bits per heavy atom. The van der Waals surface area contributed by atoms with Gasteiger partial charge in [0.2, 0.25) is 0 Å². The van der Waals surface area contributed by atoms with Gasteiger partial charge >= 0.3 is 184 Å². The van der Waals surface area contributed by atoms with Crippen molar-refractivity contribution < 1.29 is 28.6 Å². The molecule has 0 aliphatic rings. The quantitative estimate of drug-likeness (QED) is 0.0358. The number of hydrogen-bond donors (Lipinski definition) is 4. The normalized spacial score (nSPS) is 12.5. The first-order valence-electron chi connectivity index (χ1n) is 29.2. The summed E-state index contributed by atoms with van der Waals surface area (Å²) < 4.78 is 10.9. The van der Waals surface area contributed by atoms with Gasteiger partial charge in [0.05, 0.1) is 13.2 Å². The van der Waals surface area contributed by atoms with Gasteiger partial charge in [-0.3, -0.25) is 0 Å². The molecule has 0 aliphatic heterocycles. The van der Waals surface area contributed by atoms with Gasteiger partial charge in [0.15, 0.2) is 0 Å². The SMILES string of the molecule is CCCCCCCCCCCCCCOP(O)OCCCCCCCCCCCCCC.CCCCCCCCCCCCCCP(O)(O)(O)CCCCCCCCCCCCCC. The van der Waals surface area contributed by atoms with Crippen LogP contribution in [0.1, 0.15) is 336 Å². The van der Waals surface area contributed by atoms with E-state index in [1.54, 1.807) is 0 Å². The molecule has 0 amide bonds. The first-order chi connectivity index (χ1) is 31.2. The Morgan fingerprint density at radius 1 is 0.250 bits per heavy atom. The van der Waals surface area contributed by atoms with Crippen LogP contribution < -0.4 is 0 Å². The van der Waals surface area contributed by atoms with E-state index in [0.29, 0.717) is 13.2 Å². The van der Waals surface area contributed by atoms with Gasteiger partial charge in [0.25, 0.3) is 0 Å². The average molecular weight is 952 g/mol. The van der Waals surface area contributed by atoms with Crippen LogP contribution in [0, 0.1) is 0 Å². The predicted octanol–water partition coefficient (Wildman–Crippen LogP) is 20.3. The van der Waals surface area contributed by atoms with Crippen molar-refractivity contribution in [3.63, 3.8) is 0 Å². The second kappa shape index (κ2) is 54.6. The molecule has 0 aliphatic carbocycles. The van der Waals surface area contributed by atoms with Crippen LogP contribution in [0.4, 0.5) is 0 Å². The second-order valence-corrected chi connectivity index (χ2v) is 24.8. The van der Waals surface area contributed by atoms with Crippen LogP contribution in [-0.2, 0) is 9.05 Å². The van der Waals surface area contributed by atoms with Crippen LogP contribution >= 0.6 is 15.9 Å². The molecule has 0 heterocycles. The fraction of sp³-hybridized carbons (Fsp3) is 1.00. The van der Waals surface area contributed by atoms with Gasteiger partial charge in [-0.1, -0.05) is 182 Å². The van der Waals surface area contributed by atoms with Gasteiger partial charge in [-0.05, 0) is 12.8 Å². The van der Waals surface area contributed by atoms with E-state index in [2.05, 4.69) is 27.7 Å². The maximum absolute atomic E-state index is 10.3. The van der Waals surface area contributed by atoms with E-state index < -0.39 is 15.9 Å². The van der Waals surface area contributed by atoms with Crippen molar-refractivity contribution in [3.8, 4) is 0 Å². The van der Waals surface area contributed by atoms with Gasteiger partial charge in [-0.2, -0.15) is 0 Å². The third-order valence-electron chi connectivity index (χ3n) is 13.3. The first-order valence-corrected chi connectivity index (χ1v) is 32.8. The summed E-state index contributed by atoms with van der Waals surface area (Å²) in [7, 11) is -6.03. The van der Waals surface area contributed by atoms with Crippen molar-refractivity contribution in [2.24, 2.45) is 0 Å². The molecule has 6 nitrogen and oxygen atoms in total. The minimum absolute atomic E-state index is 0.209. The Balaban J connectivity index is 0. The van der Waals surface area contributed by atoms with Crippen LogP contribution in [0.2, 0.25) is 0 Å². The molecule has 0 spiro atoms. The van der Waals surface area contributed by atoms with Gasteiger partial charge < -0.3 is 13.9 Å². The fourth-order valence-corrected chi connectivity index (χ4v) is 11.5.